The van der Waals surface area contributed by atoms with E-state index < -0.39 is 0 Å². The number of hydrogen-bond acceptors (Lipinski definition) is 3. The van der Waals surface area contributed by atoms with Crippen LogP contribution in [0.25, 0.3) is 0 Å². The molecule has 3 heteroatoms. The fraction of sp³-hybridized carbons (Fsp3) is 1.00. The molecule has 1 heterocycles. The summed E-state index contributed by atoms with van der Waals surface area (Å²) < 4.78 is 0. The predicted octanol–water partition coefficient (Wildman–Crippen LogP) is 2.04. The highest BCUT2D eigenvalue weighted by Gasteiger charge is 2.14. The number of nitrogens with zero attached hydrogens (tertiary/aromatic N) is 2. The molecule has 1 fully saturated rings. The van der Waals surface area contributed by atoms with Gasteiger partial charge in [0, 0.05) is 25.7 Å². The highest BCUT2D eigenvalue weighted by Crippen LogP contribution is 2.07. The molecule has 0 radical (unpaired) electrons. The van der Waals surface area contributed by atoms with E-state index >= 15 is 0 Å². The molecular weight excluding hydrogens is 222 g/mol. The van der Waals surface area contributed by atoms with Crippen LogP contribution in [0, 0.1) is 5.92 Å². The zero-order chi connectivity index (χ0) is 13.4. The van der Waals surface area contributed by atoms with Crippen molar-refractivity contribution in [1.29, 1.82) is 0 Å². The van der Waals surface area contributed by atoms with Gasteiger partial charge in [-0.1, -0.05) is 13.8 Å². The van der Waals surface area contributed by atoms with Gasteiger partial charge < -0.3 is 15.1 Å². The number of rotatable bonds is 9. The maximum absolute atomic E-state index is 3.57. The van der Waals surface area contributed by atoms with Gasteiger partial charge in [0.2, 0.25) is 0 Å². The molecule has 0 aromatic heterocycles. The van der Waals surface area contributed by atoms with E-state index in [1.165, 1.54) is 45.4 Å². The predicted molar refractivity (Wildman–Crippen MR) is 80.1 cm³/mol. The molecule has 1 rings (SSSR count). The first kappa shape index (κ1) is 15.9. The van der Waals surface area contributed by atoms with Crippen LogP contribution in [0.15, 0.2) is 0 Å². The van der Waals surface area contributed by atoms with Crippen LogP contribution in [-0.2, 0) is 0 Å². The lowest BCUT2D eigenvalue weighted by molar-refractivity contribution is 0.211. The van der Waals surface area contributed by atoms with Crippen LogP contribution in [0.3, 0.4) is 0 Å². The largest absolute Gasteiger partial charge is 0.315 e. The van der Waals surface area contributed by atoms with Gasteiger partial charge in [0.25, 0.3) is 0 Å². The molecule has 1 unspecified atom stereocenters. The Bertz CT molecular complexity index is 200. The van der Waals surface area contributed by atoms with Crippen LogP contribution in [0.4, 0.5) is 0 Å². The Morgan fingerprint density at radius 3 is 2.44 bits per heavy atom. The summed E-state index contributed by atoms with van der Waals surface area (Å²) in [6, 6.07) is 0.639. The van der Waals surface area contributed by atoms with Crippen molar-refractivity contribution in [2.24, 2.45) is 5.92 Å². The molecule has 0 spiro atoms. The third-order valence-electron chi connectivity index (χ3n) is 4.06. The highest BCUT2D eigenvalue weighted by molar-refractivity contribution is 4.71. The average Bonchev–Trinajstić information content (AvgIpc) is 2.84. The van der Waals surface area contributed by atoms with Crippen LogP contribution in [0.5, 0.6) is 0 Å². The maximum atomic E-state index is 3.57. The first-order valence-corrected chi connectivity index (χ1v) is 7.73. The average molecular weight is 255 g/mol. The van der Waals surface area contributed by atoms with Crippen molar-refractivity contribution in [3.63, 3.8) is 0 Å². The minimum atomic E-state index is 0.639. The Hall–Kier alpha value is -0.120. The van der Waals surface area contributed by atoms with Crippen molar-refractivity contribution >= 4 is 0 Å². The number of nitrogens with one attached hydrogen (secondary N) is 1. The van der Waals surface area contributed by atoms with Crippen molar-refractivity contribution in [2.75, 3.05) is 46.3 Å². The lowest BCUT2D eigenvalue weighted by Gasteiger charge is -2.27. The Morgan fingerprint density at radius 1 is 1.17 bits per heavy atom. The van der Waals surface area contributed by atoms with E-state index in [9.17, 15) is 0 Å². The van der Waals surface area contributed by atoms with Gasteiger partial charge in [0.1, 0.15) is 0 Å². The third-order valence-corrected chi connectivity index (χ3v) is 4.06. The Morgan fingerprint density at radius 2 is 1.83 bits per heavy atom. The summed E-state index contributed by atoms with van der Waals surface area (Å²) in [7, 11) is 2.25. The van der Waals surface area contributed by atoms with Gasteiger partial charge in [-0.05, 0) is 58.8 Å². The van der Waals surface area contributed by atoms with Crippen molar-refractivity contribution < 1.29 is 0 Å². The topological polar surface area (TPSA) is 18.5 Å². The second kappa shape index (κ2) is 8.89. The summed E-state index contributed by atoms with van der Waals surface area (Å²) in [6.45, 7) is 14.2. The summed E-state index contributed by atoms with van der Waals surface area (Å²) >= 11 is 0. The zero-order valence-corrected chi connectivity index (χ0v) is 12.9. The molecule has 1 aliphatic rings. The summed E-state index contributed by atoms with van der Waals surface area (Å²) in [5, 5.41) is 3.57. The van der Waals surface area contributed by atoms with Crippen LogP contribution in [-0.4, -0.2) is 62.2 Å². The molecule has 1 aliphatic heterocycles. The smallest absolute Gasteiger partial charge is 0.0189 e. The number of likely N-dealkylation sites (tertiary alicyclic amines) is 1. The van der Waals surface area contributed by atoms with E-state index in [1.807, 2.05) is 0 Å². The maximum Gasteiger partial charge on any atom is 0.0189 e. The number of hydrogen-bond donors (Lipinski definition) is 1. The zero-order valence-electron chi connectivity index (χ0n) is 12.9. The lowest BCUT2D eigenvalue weighted by atomic mass is 10.1. The molecule has 0 aliphatic carbocycles. The molecule has 1 N–H and O–H groups in total. The van der Waals surface area contributed by atoms with Gasteiger partial charge in [0.15, 0.2) is 0 Å². The second-order valence-corrected chi connectivity index (χ2v) is 6.27. The fourth-order valence-electron chi connectivity index (χ4n) is 2.38. The summed E-state index contributed by atoms with van der Waals surface area (Å²) in [5.74, 6) is 0.806. The van der Waals surface area contributed by atoms with E-state index in [2.05, 4.69) is 42.9 Å². The molecule has 0 bridgehead atoms. The minimum Gasteiger partial charge on any atom is -0.315 e. The normalized spacial score (nSPS) is 19.0. The molecule has 3 nitrogen and oxygen atoms in total. The molecule has 1 atom stereocenters. The molecule has 1 saturated heterocycles. The van der Waals surface area contributed by atoms with Gasteiger partial charge >= 0.3 is 0 Å². The first-order valence-electron chi connectivity index (χ1n) is 7.73. The Kier molecular flexibility index (Phi) is 7.87. The van der Waals surface area contributed by atoms with E-state index in [0.717, 1.165) is 19.0 Å². The van der Waals surface area contributed by atoms with Gasteiger partial charge in [0.05, 0.1) is 0 Å². The van der Waals surface area contributed by atoms with Crippen LogP contribution in [0.2, 0.25) is 0 Å². The molecule has 0 amide bonds. The summed E-state index contributed by atoms with van der Waals surface area (Å²) in [6.07, 6.45) is 4.08. The minimum absolute atomic E-state index is 0.639. The first-order chi connectivity index (χ1) is 8.59. The molecule has 0 aromatic rings. The van der Waals surface area contributed by atoms with Crippen LogP contribution >= 0.6 is 0 Å². The van der Waals surface area contributed by atoms with E-state index in [1.54, 1.807) is 0 Å². The van der Waals surface area contributed by atoms with E-state index in [-0.39, 0.29) is 0 Å². The third kappa shape index (κ3) is 6.72. The standard InChI is InChI=1S/C15H33N3/c1-14(2)7-8-16-13-15(3)17(4)11-12-18-9-5-6-10-18/h14-16H,5-13H2,1-4H3. The highest BCUT2D eigenvalue weighted by atomic mass is 15.2. The van der Waals surface area contributed by atoms with Gasteiger partial charge in [-0.25, -0.2) is 0 Å². The second-order valence-electron chi connectivity index (χ2n) is 6.27. The summed E-state index contributed by atoms with van der Waals surface area (Å²) in [5.41, 5.74) is 0. The SMILES string of the molecule is CC(C)CCNCC(C)N(C)CCN1CCCC1. The van der Waals surface area contributed by atoms with Crippen LogP contribution < -0.4 is 5.32 Å². The van der Waals surface area contributed by atoms with Crippen molar-refractivity contribution in [3.05, 3.63) is 0 Å². The van der Waals surface area contributed by atoms with E-state index in [4.69, 9.17) is 0 Å². The van der Waals surface area contributed by atoms with Gasteiger partial charge in [-0.15, -0.1) is 0 Å². The molecule has 0 aromatic carbocycles. The molecule has 18 heavy (non-hydrogen) atoms. The Balaban J connectivity index is 2.02. The molecule has 108 valence electrons. The number of likely N-dealkylation sites (N-methyl/N-ethyl adjacent to an activating group) is 1. The van der Waals surface area contributed by atoms with E-state index in [0.29, 0.717) is 6.04 Å². The Labute approximate surface area is 114 Å². The monoisotopic (exact) mass is 255 g/mol. The van der Waals surface area contributed by atoms with Crippen LogP contribution in [0.1, 0.15) is 40.0 Å². The van der Waals surface area contributed by atoms with Crippen molar-refractivity contribution in [1.82, 2.24) is 15.1 Å². The van der Waals surface area contributed by atoms with Gasteiger partial charge in [-0.2, -0.15) is 0 Å². The fourth-order valence-corrected chi connectivity index (χ4v) is 2.38. The lowest BCUT2D eigenvalue weighted by Crippen LogP contribution is -2.41. The van der Waals surface area contributed by atoms with Crippen molar-refractivity contribution in [2.45, 2.75) is 46.1 Å². The quantitative estimate of drug-likeness (QED) is 0.636. The molecular formula is C15H33N3. The van der Waals surface area contributed by atoms with Crippen molar-refractivity contribution in [3.8, 4) is 0 Å². The summed E-state index contributed by atoms with van der Waals surface area (Å²) in [4.78, 5) is 5.08. The van der Waals surface area contributed by atoms with Gasteiger partial charge in [-0.3, -0.25) is 0 Å². The molecule has 0 saturated carbocycles.